The Morgan fingerprint density at radius 1 is 1.14 bits per heavy atom. The average Bonchev–Trinajstić information content (AvgIpc) is 2.45. The van der Waals surface area contributed by atoms with Crippen LogP contribution in [0.3, 0.4) is 0 Å². The number of nitrogens with one attached hydrogen (secondary N) is 1. The van der Waals surface area contributed by atoms with Crippen molar-refractivity contribution in [2.24, 2.45) is 0 Å². The predicted molar refractivity (Wildman–Crippen MR) is 89.0 cm³/mol. The van der Waals surface area contributed by atoms with Crippen molar-refractivity contribution in [3.8, 4) is 11.5 Å². The maximum Gasteiger partial charge on any atom is 0.158 e. The number of aromatic nitrogens is 3. The third-order valence-electron chi connectivity index (χ3n) is 3.63. The number of hydrogen-bond donors (Lipinski definition) is 1. The minimum Gasteiger partial charge on any atom is -0.342 e. The Morgan fingerprint density at radius 2 is 1.90 bits per heavy atom. The molecule has 3 rings (SSSR count). The van der Waals surface area contributed by atoms with E-state index in [1.54, 1.807) is 0 Å². The van der Waals surface area contributed by atoms with E-state index in [1.807, 2.05) is 31.3 Å². The Labute approximate surface area is 129 Å². The maximum atomic E-state index is 5.47. The van der Waals surface area contributed by atoms with Gasteiger partial charge in [0.25, 0.3) is 0 Å². The highest BCUT2D eigenvalue weighted by molar-refractivity contribution is 7.71. The first-order chi connectivity index (χ1) is 10.1. The highest BCUT2D eigenvalue weighted by atomic mass is 32.1. The monoisotopic (exact) mass is 295 g/mol. The number of aryl methyl sites for hydroxylation is 1. The van der Waals surface area contributed by atoms with Gasteiger partial charge in [-0.05, 0) is 24.3 Å². The zero-order valence-electron chi connectivity index (χ0n) is 12.3. The highest BCUT2D eigenvalue weighted by Gasteiger charge is 2.12. The van der Waals surface area contributed by atoms with Crippen molar-refractivity contribution in [3.63, 3.8) is 0 Å². The van der Waals surface area contributed by atoms with Crippen LogP contribution < -0.4 is 0 Å². The average molecular weight is 295 g/mol. The van der Waals surface area contributed by atoms with Crippen molar-refractivity contribution in [1.82, 2.24) is 15.0 Å². The lowest BCUT2D eigenvalue weighted by Crippen LogP contribution is -2.02. The number of pyridine rings is 1. The molecule has 0 saturated carbocycles. The Morgan fingerprint density at radius 3 is 2.62 bits per heavy atom. The summed E-state index contributed by atoms with van der Waals surface area (Å²) in [7, 11) is 0. The summed E-state index contributed by atoms with van der Waals surface area (Å²) in [5.74, 6) is 1.09. The molecule has 3 aromatic rings. The molecule has 0 spiro atoms. The van der Waals surface area contributed by atoms with Gasteiger partial charge in [0.15, 0.2) is 5.82 Å². The van der Waals surface area contributed by atoms with Gasteiger partial charge in [-0.3, -0.25) is 4.98 Å². The Balaban J connectivity index is 2.27. The van der Waals surface area contributed by atoms with E-state index in [-0.39, 0.29) is 0 Å². The number of aromatic amines is 1. The van der Waals surface area contributed by atoms with Crippen LogP contribution in [0.15, 0.2) is 36.5 Å². The largest absolute Gasteiger partial charge is 0.342 e. The van der Waals surface area contributed by atoms with Gasteiger partial charge in [-0.2, -0.15) is 0 Å². The number of benzene rings is 1. The first kappa shape index (κ1) is 13.9. The van der Waals surface area contributed by atoms with Gasteiger partial charge < -0.3 is 4.98 Å². The summed E-state index contributed by atoms with van der Waals surface area (Å²) < 4.78 is 0.658. The van der Waals surface area contributed by atoms with Gasteiger partial charge in [0.05, 0.1) is 0 Å². The van der Waals surface area contributed by atoms with Crippen LogP contribution in [0.5, 0.6) is 0 Å². The molecule has 4 heteroatoms. The first-order valence-electron chi connectivity index (χ1n) is 7.03. The summed E-state index contributed by atoms with van der Waals surface area (Å²) in [6.07, 6.45) is 1.81. The molecule has 1 N–H and O–H groups in total. The molecule has 0 aliphatic rings. The van der Waals surface area contributed by atoms with E-state index in [9.17, 15) is 0 Å². The fourth-order valence-electron chi connectivity index (χ4n) is 2.70. The van der Waals surface area contributed by atoms with Crippen molar-refractivity contribution in [1.29, 1.82) is 0 Å². The summed E-state index contributed by atoms with van der Waals surface area (Å²) in [5.41, 5.74) is 3.02. The summed E-state index contributed by atoms with van der Waals surface area (Å²) in [6.45, 7) is 6.30. The number of nitrogens with zero attached hydrogens (tertiary/aromatic N) is 2. The van der Waals surface area contributed by atoms with Crippen molar-refractivity contribution in [2.75, 3.05) is 0 Å². The standard InChI is InChI=1S/C17H17N3S/c1-10(2)14-11(3)19-16(20-17(14)21)15-13-7-5-4-6-12(13)8-9-18-15/h4-10H,1-3H3,(H,19,20,21). The first-order valence-corrected chi connectivity index (χ1v) is 7.43. The zero-order chi connectivity index (χ0) is 15.0. The van der Waals surface area contributed by atoms with Crippen molar-refractivity contribution >= 4 is 23.0 Å². The van der Waals surface area contributed by atoms with Crippen LogP contribution in [0.1, 0.15) is 31.0 Å². The molecule has 0 aliphatic carbocycles. The van der Waals surface area contributed by atoms with Gasteiger partial charge in [0.2, 0.25) is 0 Å². The molecular formula is C17H17N3S. The van der Waals surface area contributed by atoms with E-state index >= 15 is 0 Å². The fourth-order valence-corrected chi connectivity index (χ4v) is 3.18. The molecule has 0 atom stereocenters. The van der Waals surface area contributed by atoms with Gasteiger partial charge in [0.1, 0.15) is 10.3 Å². The van der Waals surface area contributed by atoms with Gasteiger partial charge in [0, 0.05) is 22.8 Å². The molecule has 2 aromatic heterocycles. The molecule has 3 nitrogen and oxygen atoms in total. The third-order valence-corrected chi connectivity index (χ3v) is 3.94. The highest BCUT2D eigenvalue weighted by Crippen LogP contribution is 2.26. The number of fused-ring (bicyclic) bond motifs is 1. The van der Waals surface area contributed by atoms with Crippen LogP contribution in [-0.2, 0) is 0 Å². The Bertz CT molecular complexity index is 860. The summed E-state index contributed by atoms with van der Waals surface area (Å²) in [5, 5.41) is 2.23. The summed E-state index contributed by atoms with van der Waals surface area (Å²) in [4.78, 5) is 12.4. The maximum absolute atomic E-state index is 5.47. The molecular weight excluding hydrogens is 278 g/mol. The normalized spacial score (nSPS) is 11.2. The van der Waals surface area contributed by atoms with Crippen LogP contribution in [0.2, 0.25) is 0 Å². The lowest BCUT2D eigenvalue weighted by molar-refractivity contribution is 0.824. The third kappa shape index (κ3) is 2.47. The van der Waals surface area contributed by atoms with E-state index < -0.39 is 0 Å². The topological polar surface area (TPSA) is 41.6 Å². The van der Waals surface area contributed by atoms with Crippen molar-refractivity contribution in [3.05, 3.63) is 52.4 Å². The Hall–Kier alpha value is -2.07. The smallest absolute Gasteiger partial charge is 0.158 e. The lowest BCUT2D eigenvalue weighted by atomic mass is 10.0. The van der Waals surface area contributed by atoms with Gasteiger partial charge in [-0.15, -0.1) is 0 Å². The molecule has 0 bridgehead atoms. The van der Waals surface area contributed by atoms with Gasteiger partial charge >= 0.3 is 0 Å². The molecule has 0 aliphatic heterocycles. The van der Waals surface area contributed by atoms with Gasteiger partial charge in [-0.25, -0.2) is 4.98 Å². The van der Waals surface area contributed by atoms with E-state index in [4.69, 9.17) is 12.2 Å². The SMILES string of the molecule is Cc1[nH]c(-c2nccc3ccccc23)nc(=S)c1C(C)C. The van der Waals surface area contributed by atoms with Crippen LogP contribution in [0.4, 0.5) is 0 Å². The molecule has 0 saturated heterocycles. The van der Waals surface area contributed by atoms with Crippen LogP contribution in [0.25, 0.3) is 22.3 Å². The second-order valence-electron chi connectivity index (χ2n) is 5.46. The van der Waals surface area contributed by atoms with Crippen LogP contribution in [0, 0.1) is 11.6 Å². The molecule has 106 valence electrons. The van der Waals surface area contributed by atoms with E-state index in [0.29, 0.717) is 10.6 Å². The van der Waals surface area contributed by atoms with Crippen LogP contribution >= 0.6 is 12.2 Å². The molecule has 0 radical (unpaired) electrons. The molecule has 21 heavy (non-hydrogen) atoms. The molecule has 0 fully saturated rings. The number of hydrogen-bond acceptors (Lipinski definition) is 3. The van der Waals surface area contributed by atoms with Crippen molar-refractivity contribution < 1.29 is 0 Å². The minimum atomic E-state index is 0.357. The summed E-state index contributed by atoms with van der Waals surface area (Å²) >= 11 is 5.47. The molecule has 1 aromatic carbocycles. The Kier molecular flexibility index (Phi) is 3.55. The molecule has 2 heterocycles. The molecule has 0 unspecified atom stereocenters. The van der Waals surface area contributed by atoms with Crippen molar-refractivity contribution in [2.45, 2.75) is 26.7 Å². The molecule has 0 amide bonds. The van der Waals surface area contributed by atoms with Crippen LogP contribution in [-0.4, -0.2) is 15.0 Å². The second-order valence-corrected chi connectivity index (χ2v) is 5.85. The second kappa shape index (κ2) is 5.37. The fraction of sp³-hybridized carbons (Fsp3) is 0.235. The van der Waals surface area contributed by atoms with E-state index in [1.165, 1.54) is 0 Å². The summed E-state index contributed by atoms with van der Waals surface area (Å²) in [6, 6.07) is 10.2. The predicted octanol–water partition coefficient (Wildman–Crippen LogP) is 4.79. The zero-order valence-corrected chi connectivity index (χ0v) is 13.2. The number of rotatable bonds is 2. The van der Waals surface area contributed by atoms with E-state index in [0.717, 1.165) is 33.5 Å². The number of H-pyrrole nitrogens is 1. The minimum absolute atomic E-state index is 0.357. The lowest BCUT2D eigenvalue weighted by Gasteiger charge is -2.12. The van der Waals surface area contributed by atoms with E-state index in [2.05, 4.69) is 40.9 Å². The van der Waals surface area contributed by atoms with Gasteiger partial charge in [-0.1, -0.05) is 50.3 Å². The quantitative estimate of drug-likeness (QED) is 0.691.